The van der Waals surface area contributed by atoms with Gasteiger partial charge in [0, 0.05) is 12.1 Å². The van der Waals surface area contributed by atoms with Crippen molar-refractivity contribution in [1.29, 1.82) is 0 Å². The molecule has 1 unspecified atom stereocenters. The van der Waals surface area contributed by atoms with Crippen LogP contribution in [0.1, 0.15) is 22.0 Å². The van der Waals surface area contributed by atoms with Gasteiger partial charge in [-0.3, -0.25) is 4.79 Å². The van der Waals surface area contributed by atoms with Gasteiger partial charge >= 0.3 is 0 Å². The van der Waals surface area contributed by atoms with Crippen LogP contribution in [0, 0.1) is 0 Å². The lowest BCUT2D eigenvalue weighted by atomic mass is 10.0. The molecule has 1 N–H and O–H groups in total. The predicted molar refractivity (Wildman–Crippen MR) is 108 cm³/mol. The first-order valence-electron chi connectivity index (χ1n) is 8.83. The molecule has 7 heteroatoms. The summed E-state index contributed by atoms with van der Waals surface area (Å²) in [6, 6.07) is 10.8. The number of likely N-dealkylation sites (N-methyl/N-ethyl adjacent to an activating group) is 1. The quantitative estimate of drug-likeness (QED) is 0.712. The van der Waals surface area contributed by atoms with Crippen molar-refractivity contribution in [3.05, 3.63) is 47.5 Å². The van der Waals surface area contributed by atoms with E-state index in [0.29, 0.717) is 35.1 Å². The fourth-order valence-corrected chi connectivity index (χ4v) is 2.93. The predicted octanol–water partition coefficient (Wildman–Crippen LogP) is 2.75. The van der Waals surface area contributed by atoms with Crippen molar-refractivity contribution in [3.8, 4) is 23.0 Å². The van der Waals surface area contributed by atoms with Gasteiger partial charge in [0.2, 0.25) is 0 Å². The molecule has 7 nitrogen and oxygen atoms in total. The first kappa shape index (κ1) is 21.4. The zero-order valence-electron chi connectivity index (χ0n) is 17.2. The van der Waals surface area contributed by atoms with E-state index in [0.717, 1.165) is 5.56 Å². The van der Waals surface area contributed by atoms with Crippen molar-refractivity contribution in [2.24, 2.45) is 0 Å². The second-order valence-electron chi connectivity index (χ2n) is 6.37. The average molecular weight is 388 g/mol. The summed E-state index contributed by atoms with van der Waals surface area (Å²) in [5, 5.41) is 2.98. The van der Waals surface area contributed by atoms with Gasteiger partial charge in [-0.1, -0.05) is 6.07 Å². The van der Waals surface area contributed by atoms with Crippen LogP contribution in [0.2, 0.25) is 0 Å². The van der Waals surface area contributed by atoms with Crippen LogP contribution in [0.5, 0.6) is 23.0 Å². The Kier molecular flexibility index (Phi) is 7.52. The minimum atomic E-state index is -0.187. The second kappa shape index (κ2) is 9.85. The summed E-state index contributed by atoms with van der Waals surface area (Å²) in [7, 11) is 10.2. The molecular formula is C21H28N2O5. The van der Waals surface area contributed by atoms with Crippen LogP contribution in [-0.2, 0) is 0 Å². The van der Waals surface area contributed by atoms with E-state index in [-0.39, 0.29) is 11.9 Å². The molecule has 0 heterocycles. The topological polar surface area (TPSA) is 69.3 Å². The highest BCUT2D eigenvalue weighted by molar-refractivity contribution is 5.94. The number of nitrogens with one attached hydrogen (secondary N) is 1. The lowest BCUT2D eigenvalue weighted by molar-refractivity contribution is 0.0941. The molecule has 0 aliphatic carbocycles. The van der Waals surface area contributed by atoms with Gasteiger partial charge in [-0.2, -0.15) is 0 Å². The molecule has 0 spiro atoms. The smallest absolute Gasteiger partial charge is 0.251 e. The fraction of sp³-hybridized carbons (Fsp3) is 0.381. The fourth-order valence-electron chi connectivity index (χ4n) is 2.93. The number of ether oxygens (including phenoxy) is 4. The lowest BCUT2D eigenvalue weighted by Gasteiger charge is -2.26. The molecule has 0 aliphatic rings. The van der Waals surface area contributed by atoms with Crippen LogP contribution >= 0.6 is 0 Å². The maximum atomic E-state index is 12.6. The van der Waals surface area contributed by atoms with Gasteiger partial charge in [-0.15, -0.1) is 0 Å². The molecule has 2 aromatic carbocycles. The van der Waals surface area contributed by atoms with E-state index in [4.69, 9.17) is 18.9 Å². The van der Waals surface area contributed by atoms with Crippen LogP contribution in [0.25, 0.3) is 0 Å². The highest BCUT2D eigenvalue weighted by Crippen LogP contribution is 2.31. The molecule has 0 radical (unpaired) electrons. The molecule has 0 saturated carbocycles. The minimum absolute atomic E-state index is 0.0381. The second-order valence-corrected chi connectivity index (χ2v) is 6.37. The van der Waals surface area contributed by atoms with Crippen molar-refractivity contribution in [3.63, 3.8) is 0 Å². The number of carbonyl (C=O) groups is 1. The number of nitrogens with zero attached hydrogens (tertiary/aromatic N) is 1. The van der Waals surface area contributed by atoms with E-state index in [1.807, 2.05) is 37.2 Å². The van der Waals surface area contributed by atoms with Gasteiger partial charge in [0.05, 0.1) is 34.5 Å². The normalized spacial score (nSPS) is 11.7. The van der Waals surface area contributed by atoms with Crippen LogP contribution < -0.4 is 24.3 Å². The molecule has 0 saturated heterocycles. The Bertz CT molecular complexity index is 807. The summed E-state index contributed by atoms with van der Waals surface area (Å²) in [6.45, 7) is 0.426. The first-order valence-corrected chi connectivity index (χ1v) is 8.83. The Hall–Kier alpha value is -2.93. The highest BCUT2D eigenvalue weighted by atomic mass is 16.5. The van der Waals surface area contributed by atoms with Gasteiger partial charge in [-0.05, 0) is 50.0 Å². The molecule has 0 bridgehead atoms. The van der Waals surface area contributed by atoms with Crippen molar-refractivity contribution in [2.75, 3.05) is 49.1 Å². The SMILES string of the molecule is COc1ccc(C(=O)NCC(c2ccc(OC)c(OC)c2)N(C)C)cc1OC. The molecule has 1 atom stereocenters. The van der Waals surface area contributed by atoms with Gasteiger partial charge in [0.25, 0.3) is 5.91 Å². The number of rotatable bonds is 9. The van der Waals surface area contributed by atoms with Crippen LogP contribution in [-0.4, -0.2) is 59.9 Å². The number of benzene rings is 2. The largest absolute Gasteiger partial charge is 0.493 e. The molecule has 2 aromatic rings. The molecule has 152 valence electrons. The van der Waals surface area contributed by atoms with Crippen molar-refractivity contribution < 1.29 is 23.7 Å². The summed E-state index contributed by atoms with van der Waals surface area (Å²) < 4.78 is 21.2. The minimum Gasteiger partial charge on any atom is -0.493 e. The molecule has 2 rings (SSSR count). The number of hydrogen-bond acceptors (Lipinski definition) is 6. The van der Waals surface area contributed by atoms with Crippen molar-refractivity contribution in [2.45, 2.75) is 6.04 Å². The Morgan fingerprint density at radius 1 is 0.857 bits per heavy atom. The van der Waals surface area contributed by atoms with E-state index >= 15 is 0 Å². The Morgan fingerprint density at radius 2 is 1.39 bits per heavy atom. The third-order valence-corrected chi connectivity index (χ3v) is 4.52. The van der Waals surface area contributed by atoms with Crippen molar-refractivity contribution in [1.82, 2.24) is 10.2 Å². The van der Waals surface area contributed by atoms with Crippen molar-refractivity contribution >= 4 is 5.91 Å². The molecular weight excluding hydrogens is 360 g/mol. The van der Waals surface area contributed by atoms with E-state index in [1.165, 1.54) is 0 Å². The third kappa shape index (κ3) is 4.86. The molecule has 28 heavy (non-hydrogen) atoms. The van der Waals surface area contributed by atoms with E-state index < -0.39 is 0 Å². The summed E-state index contributed by atoms with van der Waals surface area (Å²) in [5.41, 5.74) is 1.51. The zero-order chi connectivity index (χ0) is 20.7. The van der Waals surface area contributed by atoms with E-state index in [9.17, 15) is 4.79 Å². The summed E-state index contributed by atoms with van der Waals surface area (Å²) in [4.78, 5) is 14.7. The van der Waals surface area contributed by atoms with Crippen LogP contribution in [0.15, 0.2) is 36.4 Å². The van der Waals surface area contributed by atoms with E-state index in [2.05, 4.69) is 5.32 Å². The van der Waals surface area contributed by atoms with Crippen LogP contribution in [0.3, 0.4) is 0 Å². The number of methoxy groups -OCH3 is 4. The zero-order valence-corrected chi connectivity index (χ0v) is 17.2. The number of amides is 1. The van der Waals surface area contributed by atoms with Crippen LogP contribution in [0.4, 0.5) is 0 Å². The Morgan fingerprint density at radius 3 is 1.93 bits per heavy atom. The lowest BCUT2D eigenvalue weighted by Crippen LogP contribution is -2.34. The number of hydrogen-bond donors (Lipinski definition) is 1. The van der Waals surface area contributed by atoms with Gasteiger partial charge in [0.15, 0.2) is 23.0 Å². The van der Waals surface area contributed by atoms with E-state index in [1.54, 1.807) is 46.6 Å². The standard InChI is InChI=1S/C21H28N2O5/c1-23(2)16(14-7-9-17(25-3)19(11-14)27-5)13-22-21(24)15-8-10-18(26-4)20(12-15)28-6/h7-12,16H,13H2,1-6H3,(H,22,24). The Labute approximate surface area is 166 Å². The molecule has 0 aliphatic heterocycles. The molecule has 0 fully saturated rings. The summed E-state index contributed by atoms with van der Waals surface area (Å²) in [5.74, 6) is 2.22. The average Bonchev–Trinajstić information content (AvgIpc) is 2.72. The molecule has 1 amide bonds. The van der Waals surface area contributed by atoms with Gasteiger partial charge in [0.1, 0.15) is 0 Å². The maximum absolute atomic E-state index is 12.6. The number of carbonyl (C=O) groups excluding carboxylic acids is 1. The Balaban J connectivity index is 2.16. The maximum Gasteiger partial charge on any atom is 0.251 e. The first-order chi connectivity index (χ1) is 13.4. The highest BCUT2D eigenvalue weighted by Gasteiger charge is 2.19. The molecule has 0 aromatic heterocycles. The third-order valence-electron chi connectivity index (χ3n) is 4.52. The van der Waals surface area contributed by atoms with Gasteiger partial charge in [-0.25, -0.2) is 0 Å². The summed E-state index contributed by atoms with van der Waals surface area (Å²) >= 11 is 0. The van der Waals surface area contributed by atoms with Gasteiger partial charge < -0.3 is 29.2 Å². The monoisotopic (exact) mass is 388 g/mol. The summed E-state index contributed by atoms with van der Waals surface area (Å²) in [6.07, 6.45) is 0.